The molecule has 3 heterocycles. The molecule has 0 radical (unpaired) electrons. The van der Waals surface area contributed by atoms with Crippen LogP contribution in [0, 0.1) is 29.6 Å². The van der Waals surface area contributed by atoms with E-state index in [0.717, 1.165) is 19.3 Å². The molecule has 1 saturated carbocycles. The fourth-order valence-electron chi connectivity index (χ4n) is 6.20. The highest BCUT2D eigenvalue weighted by Crippen LogP contribution is 2.52. The quantitative estimate of drug-likeness (QED) is 0.708. The minimum atomic E-state index is -1.10. The van der Waals surface area contributed by atoms with Gasteiger partial charge in [0.1, 0.15) is 12.6 Å². The van der Waals surface area contributed by atoms with E-state index in [-0.39, 0.29) is 37.9 Å². The molecule has 3 aliphatic heterocycles. The van der Waals surface area contributed by atoms with Crippen molar-refractivity contribution in [2.24, 2.45) is 29.6 Å². The van der Waals surface area contributed by atoms with Crippen LogP contribution < -0.4 is 0 Å². The van der Waals surface area contributed by atoms with Crippen molar-refractivity contribution in [3.05, 3.63) is 0 Å². The number of amides is 1. The number of carbonyl (C=O) groups excluding carboxylic acids is 1. The second-order valence-corrected chi connectivity index (χ2v) is 9.82. The molecule has 4 aliphatic rings. The molecule has 2 N–H and O–H groups in total. The van der Waals surface area contributed by atoms with E-state index >= 15 is 0 Å². The van der Waals surface area contributed by atoms with Crippen LogP contribution in [0.5, 0.6) is 0 Å². The zero-order valence-corrected chi connectivity index (χ0v) is 18.1. The van der Waals surface area contributed by atoms with E-state index < -0.39 is 30.3 Å². The SMILES string of the molecule is CC1CC[C@@H]2C3[C@@H](O1)O[C@H](OCC(=O)N1C[C@@H](O)C[C@H]1C(=O)O)[C@H](C)[C@@H]3CC[C@H]2C. The fraction of sp³-hybridized carbons (Fsp3) is 0.909. The van der Waals surface area contributed by atoms with Crippen molar-refractivity contribution in [1.29, 1.82) is 0 Å². The Morgan fingerprint density at radius 2 is 1.80 bits per heavy atom. The molecule has 30 heavy (non-hydrogen) atoms. The first-order valence-corrected chi connectivity index (χ1v) is 11.4. The van der Waals surface area contributed by atoms with Crippen LogP contribution in [0.3, 0.4) is 0 Å². The maximum atomic E-state index is 12.6. The van der Waals surface area contributed by atoms with Crippen LogP contribution >= 0.6 is 0 Å². The lowest BCUT2D eigenvalue weighted by Gasteiger charge is -2.51. The Bertz CT molecular complexity index is 657. The van der Waals surface area contributed by atoms with Gasteiger partial charge < -0.3 is 29.3 Å². The molecular formula is C22H35NO7. The Labute approximate surface area is 177 Å². The van der Waals surface area contributed by atoms with Gasteiger partial charge in [-0.25, -0.2) is 4.79 Å². The third-order valence-corrected chi connectivity index (χ3v) is 7.89. The molecular weight excluding hydrogens is 390 g/mol. The molecule has 8 heteroatoms. The maximum Gasteiger partial charge on any atom is 0.326 e. The summed E-state index contributed by atoms with van der Waals surface area (Å²) in [6, 6.07) is -1.00. The first-order chi connectivity index (χ1) is 14.3. The third-order valence-electron chi connectivity index (χ3n) is 7.89. The monoisotopic (exact) mass is 425 g/mol. The van der Waals surface area contributed by atoms with Gasteiger partial charge in [-0.2, -0.15) is 0 Å². The van der Waals surface area contributed by atoms with Gasteiger partial charge in [-0.05, 0) is 43.9 Å². The average molecular weight is 426 g/mol. The number of carboxylic acid groups (broad SMARTS) is 1. The number of aliphatic carboxylic acids is 1. The number of β-amino-alcohol motifs (C(OH)–C–C–N with tert-alkyl or cyclic N) is 1. The molecule has 0 spiro atoms. The highest BCUT2D eigenvalue weighted by molar-refractivity contribution is 5.85. The number of hydrogen-bond acceptors (Lipinski definition) is 6. The van der Waals surface area contributed by atoms with E-state index in [0.29, 0.717) is 23.7 Å². The van der Waals surface area contributed by atoms with Crippen LogP contribution in [-0.2, 0) is 23.8 Å². The van der Waals surface area contributed by atoms with Crippen molar-refractivity contribution in [2.45, 2.75) is 83.7 Å². The van der Waals surface area contributed by atoms with Crippen molar-refractivity contribution < 1.29 is 34.0 Å². The lowest BCUT2D eigenvalue weighted by atomic mass is 9.61. The Balaban J connectivity index is 1.43. The largest absolute Gasteiger partial charge is 0.480 e. The van der Waals surface area contributed by atoms with Gasteiger partial charge in [0.05, 0.1) is 12.2 Å². The minimum Gasteiger partial charge on any atom is -0.480 e. The number of aliphatic hydroxyl groups excluding tert-OH is 1. The molecule has 1 amide bonds. The normalized spacial score (nSPS) is 46.2. The number of rotatable bonds is 4. The number of nitrogens with zero attached hydrogens (tertiary/aromatic N) is 1. The number of carbonyl (C=O) groups is 2. The van der Waals surface area contributed by atoms with Gasteiger partial charge in [0.2, 0.25) is 5.91 Å². The summed E-state index contributed by atoms with van der Waals surface area (Å²) in [6.07, 6.45) is 2.97. The molecule has 0 aromatic carbocycles. The lowest BCUT2D eigenvalue weighted by Crippen LogP contribution is -2.54. The lowest BCUT2D eigenvalue weighted by molar-refractivity contribution is -0.332. The number of ether oxygens (including phenoxy) is 3. The molecule has 4 rings (SSSR count). The number of carboxylic acids is 1. The van der Waals surface area contributed by atoms with E-state index in [1.165, 1.54) is 11.3 Å². The molecule has 2 unspecified atom stereocenters. The highest BCUT2D eigenvalue weighted by atomic mass is 16.8. The van der Waals surface area contributed by atoms with Crippen LogP contribution in [0.4, 0.5) is 0 Å². The number of hydrogen-bond donors (Lipinski definition) is 2. The van der Waals surface area contributed by atoms with Gasteiger partial charge in [0.15, 0.2) is 12.6 Å². The Morgan fingerprint density at radius 1 is 1.07 bits per heavy atom. The van der Waals surface area contributed by atoms with Crippen LogP contribution in [0.1, 0.15) is 52.9 Å². The van der Waals surface area contributed by atoms with Gasteiger partial charge in [0, 0.05) is 24.8 Å². The first kappa shape index (κ1) is 22.0. The molecule has 10 atom stereocenters. The summed E-state index contributed by atoms with van der Waals surface area (Å²) in [4.78, 5) is 25.2. The molecule has 170 valence electrons. The average Bonchev–Trinajstić information content (AvgIpc) is 3.01. The maximum absolute atomic E-state index is 12.6. The summed E-state index contributed by atoms with van der Waals surface area (Å²) in [5.41, 5.74) is 0. The molecule has 0 aromatic rings. The van der Waals surface area contributed by atoms with Crippen molar-refractivity contribution in [1.82, 2.24) is 4.90 Å². The molecule has 1 aliphatic carbocycles. The molecule has 0 aromatic heterocycles. The highest BCUT2D eigenvalue weighted by Gasteiger charge is 2.52. The second-order valence-electron chi connectivity index (χ2n) is 9.82. The zero-order chi connectivity index (χ0) is 21.6. The van der Waals surface area contributed by atoms with E-state index in [1.54, 1.807) is 0 Å². The molecule has 3 saturated heterocycles. The summed E-state index contributed by atoms with van der Waals surface area (Å²) in [5, 5.41) is 19.1. The zero-order valence-electron chi connectivity index (χ0n) is 18.1. The Morgan fingerprint density at radius 3 is 2.53 bits per heavy atom. The predicted octanol–water partition coefficient (Wildman–Crippen LogP) is 1.85. The van der Waals surface area contributed by atoms with Crippen molar-refractivity contribution in [3.63, 3.8) is 0 Å². The first-order valence-electron chi connectivity index (χ1n) is 11.4. The third kappa shape index (κ3) is 4.11. The molecule has 4 fully saturated rings. The van der Waals surface area contributed by atoms with Gasteiger partial charge >= 0.3 is 5.97 Å². The van der Waals surface area contributed by atoms with E-state index in [1.807, 2.05) is 0 Å². The second kappa shape index (κ2) is 8.73. The standard InChI is InChI=1S/C22H35NO7/c1-11-4-6-16-13(3)21(30-22-19(16)15(11)7-5-12(2)29-22)28-10-18(25)23-9-14(24)8-17(23)20(26)27/h11-17,19,21-22,24H,4-10H2,1-3H3,(H,26,27)/t11-,12?,13-,14+,15+,16+,17+,19?,21+,22+/m1/s1. The topological polar surface area (TPSA) is 106 Å². The van der Waals surface area contributed by atoms with Gasteiger partial charge in [-0.1, -0.05) is 20.3 Å². The van der Waals surface area contributed by atoms with E-state index in [2.05, 4.69) is 20.8 Å². The Hall–Kier alpha value is -1.22. The van der Waals surface area contributed by atoms with Gasteiger partial charge in [0.25, 0.3) is 0 Å². The summed E-state index contributed by atoms with van der Waals surface area (Å²) in [7, 11) is 0. The van der Waals surface area contributed by atoms with Crippen LogP contribution in [0.25, 0.3) is 0 Å². The number of aliphatic hydroxyl groups is 1. The van der Waals surface area contributed by atoms with Crippen LogP contribution in [0.15, 0.2) is 0 Å². The summed E-state index contributed by atoms with van der Waals surface area (Å²) in [5.74, 6) is 0.629. The number of likely N-dealkylation sites (tertiary alicyclic amines) is 1. The molecule has 8 nitrogen and oxygen atoms in total. The van der Waals surface area contributed by atoms with Crippen molar-refractivity contribution in [3.8, 4) is 0 Å². The summed E-state index contributed by atoms with van der Waals surface area (Å²) in [6.45, 7) is 6.31. The van der Waals surface area contributed by atoms with Crippen LogP contribution in [0.2, 0.25) is 0 Å². The van der Waals surface area contributed by atoms with Crippen molar-refractivity contribution in [2.75, 3.05) is 13.2 Å². The summed E-state index contributed by atoms with van der Waals surface area (Å²) < 4.78 is 18.4. The van der Waals surface area contributed by atoms with Crippen LogP contribution in [-0.4, -0.2) is 71.0 Å². The van der Waals surface area contributed by atoms with Gasteiger partial charge in [-0.3, -0.25) is 4.79 Å². The Kier molecular flexibility index (Phi) is 6.40. The fourth-order valence-corrected chi connectivity index (χ4v) is 6.20. The van der Waals surface area contributed by atoms with Crippen molar-refractivity contribution >= 4 is 11.9 Å². The van der Waals surface area contributed by atoms with Gasteiger partial charge in [-0.15, -0.1) is 0 Å². The van der Waals surface area contributed by atoms with E-state index in [4.69, 9.17) is 14.2 Å². The van der Waals surface area contributed by atoms with E-state index in [9.17, 15) is 19.8 Å². The summed E-state index contributed by atoms with van der Waals surface area (Å²) >= 11 is 0. The minimum absolute atomic E-state index is 0.0216. The molecule has 0 bridgehead atoms. The predicted molar refractivity (Wildman–Crippen MR) is 106 cm³/mol. The smallest absolute Gasteiger partial charge is 0.326 e.